The van der Waals surface area contributed by atoms with Crippen LogP contribution in [0.2, 0.25) is 0 Å². The predicted octanol–water partition coefficient (Wildman–Crippen LogP) is 1.61. The zero-order valence-corrected chi connectivity index (χ0v) is 8.36. The number of methoxy groups -OCH3 is 2. The highest BCUT2D eigenvalue weighted by atomic mass is 19.1. The van der Waals surface area contributed by atoms with Crippen molar-refractivity contribution < 1.29 is 23.8 Å². The first-order chi connectivity index (χ1) is 7.11. The molecule has 0 spiro atoms. The maximum absolute atomic E-state index is 13.2. The summed E-state index contributed by atoms with van der Waals surface area (Å²) in [7, 11) is 2.51. The molecule has 1 aromatic rings. The van der Waals surface area contributed by atoms with Gasteiger partial charge in [-0.3, -0.25) is 0 Å². The topological polar surface area (TPSA) is 55.8 Å². The molecule has 1 aromatic carbocycles. The van der Waals surface area contributed by atoms with Crippen LogP contribution in [0, 0.1) is 5.82 Å². The van der Waals surface area contributed by atoms with Crippen LogP contribution in [-0.4, -0.2) is 25.3 Å². The molecule has 0 aliphatic heterocycles. The molecule has 0 heterocycles. The first-order valence-corrected chi connectivity index (χ1v) is 4.19. The normalized spacial score (nSPS) is 12.2. The molecule has 1 N–H and O–H groups in total. The molecule has 1 unspecified atom stereocenters. The lowest BCUT2D eigenvalue weighted by Gasteiger charge is -2.14. The van der Waals surface area contributed by atoms with Gasteiger partial charge < -0.3 is 14.6 Å². The highest BCUT2D eigenvalue weighted by Gasteiger charge is 2.24. The molecule has 0 aromatic heterocycles. The number of carboxylic acid groups (broad SMARTS) is 1. The Kier molecular flexibility index (Phi) is 3.62. The van der Waals surface area contributed by atoms with Crippen molar-refractivity contribution in [2.45, 2.75) is 6.10 Å². The van der Waals surface area contributed by atoms with Gasteiger partial charge in [0.1, 0.15) is 0 Å². The van der Waals surface area contributed by atoms with Crippen LogP contribution in [0.25, 0.3) is 0 Å². The van der Waals surface area contributed by atoms with Crippen molar-refractivity contribution >= 4 is 5.97 Å². The summed E-state index contributed by atoms with van der Waals surface area (Å²) in [6.07, 6.45) is -1.23. The molecule has 0 saturated heterocycles. The number of ether oxygens (including phenoxy) is 2. The molecule has 15 heavy (non-hydrogen) atoms. The lowest BCUT2D eigenvalue weighted by molar-refractivity contribution is -0.149. The Labute approximate surface area is 86.2 Å². The number of aliphatic carboxylic acids is 1. The fourth-order valence-electron chi connectivity index (χ4n) is 1.31. The molecular weight excluding hydrogens is 203 g/mol. The van der Waals surface area contributed by atoms with E-state index in [1.165, 1.54) is 32.4 Å². The van der Waals surface area contributed by atoms with E-state index < -0.39 is 17.9 Å². The second-order valence-electron chi connectivity index (χ2n) is 2.82. The molecule has 5 heteroatoms. The SMILES string of the molecule is COc1c(F)cccc1C(OC)C(=O)O. The summed E-state index contributed by atoms with van der Waals surface area (Å²) in [4.78, 5) is 10.8. The van der Waals surface area contributed by atoms with E-state index in [2.05, 4.69) is 0 Å². The summed E-state index contributed by atoms with van der Waals surface area (Å²) in [5.41, 5.74) is 0.160. The van der Waals surface area contributed by atoms with Gasteiger partial charge in [-0.2, -0.15) is 0 Å². The molecule has 82 valence electrons. The van der Waals surface area contributed by atoms with Crippen molar-refractivity contribution in [3.05, 3.63) is 29.6 Å². The summed E-state index contributed by atoms with van der Waals surface area (Å²) >= 11 is 0. The second kappa shape index (κ2) is 4.75. The van der Waals surface area contributed by atoms with Crippen LogP contribution in [0.1, 0.15) is 11.7 Å². The minimum atomic E-state index is -1.23. The highest BCUT2D eigenvalue weighted by molar-refractivity contribution is 5.75. The first-order valence-electron chi connectivity index (χ1n) is 4.19. The van der Waals surface area contributed by atoms with E-state index in [9.17, 15) is 9.18 Å². The Bertz CT molecular complexity index is 364. The van der Waals surface area contributed by atoms with Crippen molar-refractivity contribution in [1.29, 1.82) is 0 Å². The molecule has 0 bridgehead atoms. The van der Waals surface area contributed by atoms with E-state index in [0.29, 0.717) is 0 Å². The van der Waals surface area contributed by atoms with Crippen molar-refractivity contribution in [3.8, 4) is 5.75 Å². The largest absolute Gasteiger partial charge is 0.493 e. The van der Waals surface area contributed by atoms with Gasteiger partial charge >= 0.3 is 5.97 Å². The van der Waals surface area contributed by atoms with Crippen LogP contribution in [0.15, 0.2) is 18.2 Å². The molecule has 0 radical (unpaired) electrons. The van der Waals surface area contributed by atoms with E-state index in [1.807, 2.05) is 0 Å². The van der Waals surface area contributed by atoms with Gasteiger partial charge in [-0.15, -0.1) is 0 Å². The van der Waals surface area contributed by atoms with Gasteiger partial charge in [-0.25, -0.2) is 9.18 Å². The van der Waals surface area contributed by atoms with Gasteiger partial charge in [0.05, 0.1) is 7.11 Å². The first kappa shape index (κ1) is 11.5. The van der Waals surface area contributed by atoms with Crippen molar-refractivity contribution in [1.82, 2.24) is 0 Å². The maximum Gasteiger partial charge on any atom is 0.337 e. The van der Waals surface area contributed by atoms with Crippen molar-refractivity contribution in [3.63, 3.8) is 0 Å². The Morgan fingerprint density at radius 3 is 2.60 bits per heavy atom. The number of para-hydroxylation sites is 1. The van der Waals surface area contributed by atoms with Crippen molar-refractivity contribution in [2.75, 3.05) is 14.2 Å². The smallest absolute Gasteiger partial charge is 0.337 e. The Morgan fingerprint density at radius 1 is 1.47 bits per heavy atom. The maximum atomic E-state index is 13.2. The molecule has 4 nitrogen and oxygen atoms in total. The Balaban J connectivity index is 3.22. The van der Waals surface area contributed by atoms with Crippen LogP contribution in [0.3, 0.4) is 0 Å². The molecule has 0 aliphatic rings. The predicted molar refractivity (Wildman–Crippen MR) is 50.3 cm³/mol. The van der Waals surface area contributed by atoms with Gasteiger partial charge in [-0.05, 0) is 6.07 Å². The van der Waals surface area contributed by atoms with Crippen LogP contribution in [-0.2, 0) is 9.53 Å². The highest BCUT2D eigenvalue weighted by Crippen LogP contribution is 2.29. The van der Waals surface area contributed by atoms with E-state index in [-0.39, 0.29) is 11.3 Å². The van der Waals surface area contributed by atoms with Crippen LogP contribution in [0.5, 0.6) is 5.75 Å². The fourth-order valence-corrected chi connectivity index (χ4v) is 1.31. The summed E-state index contributed by atoms with van der Waals surface area (Å²) in [5, 5.41) is 8.83. The summed E-state index contributed by atoms with van der Waals surface area (Å²) < 4.78 is 22.8. The van der Waals surface area contributed by atoms with E-state index in [1.54, 1.807) is 0 Å². The minimum Gasteiger partial charge on any atom is -0.493 e. The van der Waals surface area contributed by atoms with Crippen LogP contribution >= 0.6 is 0 Å². The standard InChI is InChI=1S/C10H11FO4/c1-14-8-6(4-3-5-7(8)11)9(15-2)10(12)13/h3-5,9H,1-2H3,(H,12,13). The molecule has 1 rings (SSSR count). The number of carboxylic acids is 1. The number of hydrogen-bond donors (Lipinski definition) is 1. The summed E-state index contributed by atoms with van der Waals surface area (Å²) in [6, 6.07) is 4.04. The number of rotatable bonds is 4. The average molecular weight is 214 g/mol. The monoisotopic (exact) mass is 214 g/mol. The lowest BCUT2D eigenvalue weighted by atomic mass is 10.1. The van der Waals surface area contributed by atoms with Crippen molar-refractivity contribution in [2.24, 2.45) is 0 Å². The third-order valence-corrected chi connectivity index (χ3v) is 1.94. The minimum absolute atomic E-state index is 0.105. The second-order valence-corrected chi connectivity index (χ2v) is 2.82. The van der Waals surface area contributed by atoms with E-state index >= 15 is 0 Å². The quantitative estimate of drug-likeness (QED) is 0.827. The van der Waals surface area contributed by atoms with E-state index in [4.69, 9.17) is 14.6 Å². The van der Waals surface area contributed by atoms with Crippen LogP contribution < -0.4 is 4.74 Å². The van der Waals surface area contributed by atoms with E-state index in [0.717, 1.165) is 0 Å². The Hall–Kier alpha value is -1.62. The average Bonchev–Trinajstić information content (AvgIpc) is 2.18. The number of halogens is 1. The summed E-state index contributed by atoms with van der Waals surface area (Å²) in [5.74, 6) is -1.91. The zero-order chi connectivity index (χ0) is 11.4. The zero-order valence-electron chi connectivity index (χ0n) is 8.36. The van der Waals surface area contributed by atoms with Crippen LogP contribution in [0.4, 0.5) is 4.39 Å². The molecule has 0 fully saturated rings. The third kappa shape index (κ3) is 2.24. The van der Waals surface area contributed by atoms with Gasteiger partial charge in [0.2, 0.25) is 0 Å². The third-order valence-electron chi connectivity index (χ3n) is 1.94. The lowest BCUT2D eigenvalue weighted by Crippen LogP contribution is -2.14. The van der Waals surface area contributed by atoms with Gasteiger partial charge in [0.25, 0.3) is 0 Å². The summed E-state index contributed by atoms with van der Waals surface area (Å²) in [6.45, 7) is 0. The molecule has 0 aliphatic carbocycles. The molecular formula is C10H11FO4. The fraction of sp³-hybridized carbons (Fsp3) is 0.300. The molecule has 1 atom stereocenters. The number of carbonyl (C=O) groups is 1. The molecule has 0 saturated carbocycles. The van der Waals surface area contributed by atoms with Gasteiger partial charge in [-0.1, -0.05) is 12.1 Å². The van der Waals surface area contributed by atoms with Gasteiger partial charge in [0, 0.05) is 12.7 Å². The Morgan fingerprint density at radius 2 is 2.13 bits per heavy atom. The number of benzene rings is 1. The van der Waals surface area contributed by atoms with Gasteiger partial charge in [0.15, 0.2) is 17.7 Å². The molecule has 0 amide bonds. The number of hydrogen-bond acceptors (Lipinski definition) is 3.